The third-order valence-electron chi connectivity index (χ3n) is 4.52. The molecule has 1 heterocycles. The fraction of sp³-hybridized carbons (Fsp3) is 0.611. The highest BCUT2D eigenvalue weighted by Crippen LogP contribution is 2.34. The molecule has 5 nitrogen and oxygen atoms in total. The molecule has 0 amide bonds. The molecule has 1 aromatic rings. The van der Waals surface area contributed by atoms with Crippen LogP contribution in [0.15, 0.2) is 29.3 Å². The van der Waals surface area contributed by atoms with Crippen molar-refractivity contribution < 1.29 is 13.9 Å². The Labute approximate surface area is 143 Å². The van der Waals surface area contributed by atoms with Gasteiger partial charge in [-0.1, -0.05) is 12.1 Å². The molecule has 0 spiro atoms. The first-order valence-electron chi connectivity index (χ1n) is 8.47. The van der Waals surface area contributed by atoms with Gasteiger partial charge in [0.2, 0.25) is 0 Å². The Morgan fingerprint density at radius 1 is 1.33 bits per heavy atom. The molecular weight excluding hydrogens is 309 g/mol. The second kappa shape index (κ2) is 9.59. The lowest BCUT2D eigenvalue weighted by atomic mass is 9.74. The summed E-state index contributed by atoms with van der Waals surface area (Å²) in [6.45, 7) is 3.60. The molecule has 2 rings (SSSR count). The molecule has 6 heteroatoms. The van der Waals surface area contributed by atoms with Crippen molar-refractivity contribution >= 4 is 5.96 Å². The Hall–Kier alpha value is -1.66. The maximum Gasteiger partial charge on any atom is 0.191 e. The first kappa shape index (κ1) is 18.7. The fourth-order valence-corrected chi connectivity index (χ4v) is 3.04. The number of ether oxygens (including phenoxy) is 2. The van der Waals surface area contributed by atoms with Crippen molar-refractivity contribution in [1.82, 2.24) is 10.6 Å². The Morgan fingerprint density at radius 3 is 2.79 bits per heavy atom. The maximum absolute atomic E-state index is 13.7. The summed E-state index contributed by atoms with van der Waals surface area (Å²) >= 11 is 0. The van der Waals surface area contributed by atoms with E-state index in [9.17, 15) is 4.39 Å². The van der Waals surface area contributed by atoms with E-state index >= 15 is 0 Å². The largest absolute Gasteiger partial charge is 0.385 e. The van der Waals surface area contributed by atoms with Crippen molar-refractivity contribution in [2.75, 3.05) is 47.1 Å². The molecule has 0 bridgehead atoms. The zero-order chi connectivity index (χ0) is 17.3. The van der Waals surface area contributed by atoms with E-state index in [1.165, 1.54) is 6.07 Å². The lowest BCUT2D eigenvalue weighted by molar-refractivity contribution is 0.0513. The van der Waals surface area contributed by atoms with E-state index < -0.39 is 0 Å². The van der Waals surface area contributed by atoms with E-state index in [1.54, 1.807) is 26.3 Å². The minimum atomic E-state index is -0.194. The standard InChI is InChI=1S/C18H28FN3O2/c1-20-17(21-9-4-10-23-2)22-14-18(7-11-24-12-8-18)15-5-3-6-16(19)13-15/h3,5-6,13H,4,7-12,14H2,1-2H3,(H2,20,21,22). The monoisotopic (exact) mass is 337 g/mol. The fourth-order valence-electron chi connectivity index (χ4n) is 3.04. The van der Waals surface area contributed by atoms with E-state index in [-0.39, 0.29) is 11.2 Å². The van der Waals surface area contributed by atoms with Crippen molar-refractivity contribution in [2.24, 2.45) is 4.99 Å². The van der Waals surface area contributed by atoms with Crippen LogP contribution in [0.2, 0.25) is 0 Å². The van der Waals surface area contributed by atoms with Crippen LogP contribution in [0.5, 0.6) is 0 Å². The zero-order valence-corrected chi connectivity index (χ0v) is 14.6. The molecule has 1 saturated heterocycles. The quantitative estimate of drug-likeness (QED) is 0.454. The van der Waals surface area contributed by atoms with Gasteiger partial charge in [-0.05, 0) is 37.0 Å². The number of rotatable bonds is 7. The van der Waals surface area contributed by atoms with Crippen molar-refractivity contribution in [3.05, 3.63) is 35.6 Å². The van der Waals surface area contributed by atoms with Crippen LogP contribution in [0, 0.1) is 5.82 Å². The van der Waals surface area contributed by atoms with Gasteiger partial charge in [-0.15, -0.1) is 0 Å². The van der Waals surface area contributed by atoms with Crippen LogP contribution < -0.4 is 10.6 Å². The van der Waals surface area contributed by atoms with Gasteiger partial charge in [0.05, 0.1) is 0 Å². The summed E-state index contributed by atoms with van der Waals surface area (Å²) in [6.07, 6.45) is 2.65. The minimum Gasteiger partial charge on any atom is -0.385 e. The van der Waals surface area contributed by atoms with Gasteiger partial charge < -0.3 is 20.1 Å². The molecule has 0 unspecified atom stereocenters. The van der Waals surface area contributed by atoms with E-state index in [1.807, 2.05) is 6.07 Å². The highest BCUT2D eigenvalue weighted by atomic mass is 19.1. The summed E-state index contributed by atoms with van der Waals surface area (Å²) in [4.78, 5) is 4.26. The topological polar surface area (TPSA) is 54.9 Å². The van der Waals surface area contributed by atoms with Crippen LogP contribution in [0.4, 0.5) is 4.39 Å². The number of methoxy groups -OCH3 is 1. The van der Waals surface area contributed by atoms with Gasteiger partial charge in [0.25, 0.3) is 0 Å². The van der Waals surface area contributed by atoms with E-state index in [0.29, 0.717) is 26.4 Å². The van der Waals surface area contributed by atoms with Crippen molar-refractivity contribution in [3.8, 4) is 0 Å². The first-order chi connectivity index (χ1) is 11.7. The first-order valence-corrected chi connectivity index (χ1v) is 8.47. The minimum absolute atomic E-state index is 0.134. The maximum atomic E-state index is 13.7. The van der Waals surface area contributed by atoms with Crippen LogP contribution in [-0.2, 0) is 14.9 Å². The molecule has 2 N–H and O–H groups in total. The van der Waals surface area contributed by atoms with Gasteiger partial charge in [0, 0.05) is 52.5 Å². The molecular formula is C18H28FN3O2. The zero-order valence-electron chi connectivity index (χ0n) is 14.6. The number of hydrogen-bond acceptors (Lipinski definition) is 3. The van der Waals surface area contributed by atoms with Gasteiger partial charge >= 0.3 is 0 Å². The van der Waals surface area contributed by atoms with Crippen LogP contribution in [0.1, 0.15) is 24.8 Å². The molecule has 24 heavy (non-hydrogen) atoms. The van der Waals surface area contributed by atoms with Gasteiger partial charge in [0.15, 0.2) is 5.96 Å². The predicted molar refractivity (Wildman–Crippen MR) is 94.0 cm³/mol. The number of aliphatic imine (C=N–C) groups is 1. The number of nitrogens with one attached hydrogen (secondary N) is 2. The molecule has 1 aliphatic rings. The molecule has 0 saturated carbocycles. The third-order valence-corrected chi connectivity index (χ3v) is 4.52. The molecule has 0 radical (unpaired) electrons. The summed E-state index contributed by atoms with van der Waals surface area (Å²) in [5, 5.41) is 6.67. The summed E-state index contributed by atoms with van der Waals surface area (Å²) < 4.78 is 24.3. The molecule has 0 aliphatic carbocycles. The number of guanidine groups is 1. The van der Waals surface area contributed by atoms with E-state index in [4.69, 9.17) is 9.47 Å². The van der Waals surface area contributed by atoms with Crippen LogP contribution >= 0.6 is 0 Å². The van der Waals surface area contributed by atoms with Gasteiger partial charge in [-0.25, -0.2) is 4.39 Å². The van der Waals surface area contributed by atoms with Gasteiger partial charge in [-0.3, -0.25) is 4.99 Å². The van der Waals surface area contributed by atoms with E-state index in [2.05, 4.69) is 15.6 Å². The molecule has 134 valence electrons. The van der Waals surface area contributed by atoms with Crippen LogP contribution in [0.25, 0.3) is 0 Å². The van der Waals surface area contributed by atoms with Crippen molar-refractivity contribution in [2.45, 2.75) is 24.7 Å². The molecule has 1 aromatic carbocycles. The molecule has 0 atom stereocenters. The predicted octanol–water partition coefficient (Wildman–Crippen LogP) is 2.08. The number of hydrogen-bond donors (Lipinski definition) is 2. The van der Waals surface area contributed by atoms with Gasteiger partial charge in [-0.2, -0.15) is 0 Å². The van der Waals surface area contributed by atoms with Gasteiger partial charge in [0.1, 0.15) is 5.82 Å². The normalized spacial score (nSPS) is 17.5. The smallest absolute Gasteiger partial charge is 0.191 e. The SMILES string of the molecule is CN=C(NCCCOC)NCC1(c2cccc(F)c2)CCOCC1. The number of nitrogens with zero attached hydrogens (tertiary/aromatic N) is 1. The Morgan fingerprint density at radius 2 is 2.12 bits per heavy atom. The van der Waals surface area contributed by atoms with Crippen molar-refractivity contribution in [3.63, 3.8) is 0 Å². The second-order valence-corrected chi connectivity index (χ2v) is 6.10. The van der Waals surface area contributed by atoms with Crippen molar-refractivity contribution in [1.29, 1.82) is 0 Å². The summed E-state index contributed by atoms with van der Waals surface area (Å²) in [7, 11) is 3.45. The lowest BCUT2D eigenvalue weighted by Gasteiger charge is -2.38. The lowest BCUT2D eigenvalue weighted by Crippen LogP contribution is -2.48. The van der Waals surface area contributed by atoms with Crippen LogP contribution in [-0.4, -0.2) is 53.0 Å². The summed E-state index contributed by atoms with van der Waals surface area (Å²) in [6, 6.07) is 6.91. The number of halogens is 1. The molecule has 0 aromatic heterocycles. The Bertz CT molecular complexity index is 531. The highest BCUT2D eigenvalue weighted by Gasteiger charge is 2.34. The van der Waals surface area contributed by atoms with Crippen LogP contribution in [0.3, 0.4) is 0 Å². The number of benzene rings is 1. The third kappa shape index (κ3) is 5.18. The second-order valence-electron chi connectivity index (χ2n) is 6.10. The Balaban J connectivity index is 2.01. The summed E-state index contributed by atoms with van der Waals surface area (Å²) in [5.41, 5.74) is 0.887. The molecule has 1 fully saturated rings. The Kier molecular flexibility index (Phi) is 7.46. The summed E-state index contributed by atoms with van der Waals surface area (Å²) in [5.74, 6) is 0.564. The van der Waals surface area contributed by atoms with E-state index in [0.717, 1.165) is 37.3 Å². The average molecular weight is 337 g/mol. The molecule has 1 aliphatic heterocycles. The highest BCUT2D eigenvalue weighted by molar-refractivity contribution is 5.79. The average Bonchev–Trinajstić information content (AvgIpc) is 2.62.